The van der Waals surface area contributed by atoms with E-state index in [0.717, 1.165) is 11.4 Å². The highest BCUT2D eigenvalue weighted by molar-refractivity contribution is 7.12. The second kappa shape index (κ2) is 7.23. The molecule has 0 saturated carbocycles. The summed E-state index contributed by atoms with van der Waals surface area (Å²) in [6.45, 7) is 1.87. The van der Waals surface area contributed by atoms with E-state index in [1.807, 2.05) is 54.8 Å². The molecule has 6 heteroatoms. The smallest absolute Gasteiger partial charge is 0.225 e. The van der Waals surface area contributed by atoms with E-state index >= 15 is 0 Å². The molecule has 5 nitrogen and oxygen atoms in total. The summed E-state index contributed by atoms with van der Waals surface area (Å²) in [5, 5.41) is 9.11. The number of hydrogen-bond donors (Lipinski definition) is 1. The van der Waals surface area contributed by atoms with Gasteiger partial charge in [-0.2, -0.15) is 5.10 Å². The maximum atomic E-state index is 12.2. The summed E-state index contributed by atoms with van der Waals surface area (Å²) in [6, 6.07) is 15.0. The van der Waals surface area contributed by atoms with Gasteiger partial charge in [-0.05, 0) is 30.5 Å². The van der Waals surface area contributed by atoms with Crippen LogP contribution in [0.2, 0.25) is 0 Å². The van der Waals surface area contributed by atoms with Crippen molar-refractivity contribution in [1.82, 2.24) is 9.78 Å². The number of ketones is 1. The van der Waals surface area contributed by atoms with E-state index in [1.54, 1.807) is 10.7 Å². The molecule has 0 fully saturated rings. The zero-order valence-corrected chi connectivity index (χ0v) is 14.0. The Labute approximate surface area is 143 Å². The minimum absolute atomic E-state index is 0.00658. The van der Waals surface area contributed by atoms with Crippen molar-refractivity contribution in [2.24, 2.45) is 0 Å². The first kappa shape index (κ1) is 16.1. The van der Waals surface area contributed by atoms with Gasteiger partial charge in [-0.1, -0.05) is 24.3 Å². The molecular formula is C18H17N3O2S. The Morgan fingerprint density at radius 2 is 1.92 bits per heavy atom. The highest BCUT2D eigenvalue weighted by Crippen LogP contribution is 2.18. The zero-order valence-electron chi connectivity index (χ0n) is 13.2. The lowest BCUT2D eigenvalue weighted by molar-refractivity contribution is -0.116. The highest BCUT2D eigenvalue weighted by Gasteiger charge is 2.13. The normalized spacial score (nSPS) is 10.5. The highest BCUT2D eigenvalue weighted by atomic mass is 32.1. The molecule has 0 bridgehead atoms. The van der Waals surface area contributed by atoms with E-state index in [-0.39, 0.29) is 24.5 Å². The molecule has 0 aliphatic rings. The summed E-state index contributed by atoms with van der Waals surface area (Å²) in [4.78, 5) is 24.8. The van der Waals surface area contributed by atoms with Gasteiger partial charge in [0.05, 0.1) is 16.3 Å². The van der Waals surface area contributed by atoms with Gasteiger partial charge in [-0.3, -0.25) is 9.59 Å². The Morgan fingerprint density at radius 1 is 1.12 bits per heavy atom. The molecule has 0 atom stereocenters. The van der Waals surface area contributed by atoms with Crippen molar-refractivity contribution in [3.05, 3.63) is 64.5 Å². The van der Waals surface area contributed by atoms with Gasteiger partial charge in [0.2, 0.25) is 5.91 Å². The van der Waals surface area contributed by atoms with Gasteiger partial charge in [0, 0.05) is 18.9 Å². The number of thiophene rings is 1. The third kappa shape index (κ3) is 3.78. The summed E-state index contributed by atoms with van der Waals surface area (Å²) in [5.74, 6) is 0.400. The molecular weight excluding hydrogens is 322 g/mol. The van der Waals surface area contributed by atoms with Crippen molar-refractivity contribution in [1.29, 1.82) is 0 Å². The van der Waals surface area contributed by atoms with Crippen molar-refractivity contribution < 1.29 is 9.59 Å². The number of rotatable bonds is 6. The van der Waals surface area contributed by atoms with Crippen LogP contribution in [0.4, 0.5) is 5.82 Å². The van der Waals surface area contributed by atoms with Crippen molar-refractivity contribution in [3.8, 4) is 5.69 Å². The summed E-state index contributed by atoms with van der Waals surface area (Å²) in [7, 11) is 0. The molecule has 0 saturated heterocycles. The third-order valence-electron chi connectivity index (χ3n) is 3.47. The lowest BCUT2D eigenvalue weighted by Gasteiger charge is -2.08. The van der Waals surface area contributed by atoms with Crippen LogP contribution < -0.4 is 5.32 Å². The SMILES string of the molecule is Cc1cc(NC(=O)CCC(=O)c2cccs2)n(-c2ccccc2)n1. The fourth-order valence-electron chi connectivity index (χ4n) is 2.35. The maximum absolute atomic E-state index is 12.2. The van der Waals surface area contributed by atoms with Crippen molar-refractivity contribution in [2.75, 3.05) is 5.32 Å². The summed E-state index contributed by atoms with van der Waals surface area (Å²) >= 11 is 1.39. The van der Waals surface area contributed by atoms with Crippen LogP contribution >= 0.6 is 11.3 Å². The molecule has 122 valence electrons. The topological polar surface area (TPSA) is 64.0 Å². The number of Topliss-reactive ketones (excluding diaryl/α,β-unsaturated/α-hetero) is 1. The quantitative estimate of drug-likeness (QED) is 0.694. The van der Waals surface area contributed by atoms with Crippen LogP contribution in [-0.2, 0) is 4.79 Å². The van der Waals surface area contributed by atoms with Crippen LogP contribution in [-0.4, -0.2) is 21.5 Å². The Balaban J connectivity index is 1.66. The van der Waals surface area contributed by atoms with Gasteiger partial charge in [0.25, 0.3) is 0 Å². The fraction of sp³-hybridized carbons (Fsp3) is 0.167. The first-order valence-electron chi connectivity index (χ1n) is 7.62. The van der Waals surface area contributed by atoms with Gasteiger partial charge in [0.1, 0.15) is 5.82 Å². The van der Waals surface area contributed by atoms with Gasteiger partial charge in [-0.25, -0.2) is 4.68 Å². The van der Waals surface area contributed by atoms with Crippen LogP contribution in [0.5, 0.6) is 0 Å². The van der Waals surface area contributed by atoms with Crippen LogP contribution in [0, 0.1) is 6.92 Å². The standard InChI is InChI=1S/C18H17N3O2S/c1-13-12-17(21(20-13)14-6-3-2-4-7-14)19-18(23)10-9-15(22)16-8-5-11-24-16/h2-8,11-12H,9-10H2,1H3,(H,19,23). The molecule has 0 unspecified atom stereocenters. The van der Waals surface area contributed by atoms with Gasteiger partial charge < -0.3 is 5.32 Å². The molecule has 24 heavy (non-hydrogen) atoms. The summed E-state index contributed by atoms with van der Waals surface area (Å²) in [5.41, 5.74) is 1.68. The van der Waals surface area contributed by atoms with E-state index in [4.69, 9.17) is 0 Å². The molecule has 2 heterocycles. The van der Waals surface area contributed by atoms with E-state index in [2.05, 4.69) is 10.4 Å². The molecule has 0 spiro atoms. The molecule has 1 aromatic carbocycles. The Morgan fingerprint density at radius 3 is 2.62 bits per heavy atom. The number of anilines is 1. The molecule has 3 rings (SSSR count). The number of carbonyl (C=O) groups excluding carboxylic acids is 2. The zero-order chi connectivity index (χ0) is 16.9. The lowest BCUT2D eigenvalue weighted by atomic mass is 10.2. The van der Waals surface area contributed by atoms with Crippen LogP contribution in [0.15, 0.2) is 53.9 Å². The number of aryl methyl sites for hydroxylation is 1. The van der Waals surface area contributed by atoms with Crippen LogP contribution in [0.1, 0.15) is 28.2 Å². The lowest BCUT2D eigenvalue weighted by Crippen LogP contribution is -2.16. The van der Waals surface area contributed by atoms with Gasteiger partial charge >= 0.3 is 0 Å². The fourth-order valence-corrected chi connectivity index (χ4v) is 3.04. The molecule has 0 aliphatic carbocycles. The minimum atomic E-state index is -0.197. The average molecular weight is 339 g/mol. The van der Waals surface area contributed by atoms with Crippen molar-refractivity contribution >= 4 is 28.8 Å². The molecule has 1 N–H and O–H groups in total. The number of benzene rings is 1. The second-order valence-corrected chi connectivity index (χ2v) is 6.31. The van der Waals surface area contributed by atoms with Gasteiger partial charge in [-0.15, -0.1) is 11.3 Å². The maximum Gasteiger partial charge on any atom is 0.225 e. The number of aromatic nitrogens is 2. The Bertz CT molecular complexity index is 839. The monoisotopic (exact) mass is 339 g/mol. The van der Waals surface area contributed by atoms with Crippen LogP contribution in [0.25, 0.3) is 5.69 Å². The number of amides is 1. The first-order valence-corrected chi connectivity index (χ1v) is 8.50. The number of hydrogen-bond acceptors (Lipinski definition) is 4. The first-order chi connectivity index (χ1) is 11.6. The largest absolute Gasteiger partial charge is 0.311 e. The van der Waals surface area contributed by atoms with Crippen LogP contribution in [0.3, 0.4) is 0 Å². The number of nitrogens with zero attached hydrogens (tertiary/aromatic N) is 2. The van der Waals surface area contributed by atoms with Crippen molar-refractivity contribution in [2.45, 2.75) is 19.8 Å². The minimum Gasteiger partial charge on any atom is -0.311 e. The second-order valence-electron chi connectivity index (χ2n) is 5.37. The third-order valence-corrected chi connectivity index (χ3v) is 4.39. The molecule has 0 radical (unpaired) electrons. The summed E-state index contributed by atoms with van der Waals surface area (Å²) < 4.78 is 1.69. The summed E-state index contributed by atoms with van der Waals surface area (Å²) in [6.07, 6.45) is 0.348. The van der Waals surface area contributed by atoms with Gasteiger partial charge in [0.15, 0.2) is 5.78 Å². The molecule has 0 aliphatic heterocycles. The van der Waals surface area contributed by atoms with E-state index in [0.29, 0.717) is 10.7 Å². The van der Waals surface area contributed by atoms with E-state index in [1.165, 1.54) is 11.3 Å². The predicted octanol–water partition coefficient (Wildman–Crippen LogP) is 3.84. The van der Waals surface area contributed by atoms with E-state index < -0.39 is 0 Å². The number of nitrogens with one attached hydrogen (secondary N) is 1. The number of para-hydroxylation sites is 1. The number of carbonyl (C=O) groups is 2. The van der Waals surface area contributed by atoms with E-state index in [9.17, 15) is 9.59 Å². The average Bonchev–Trinajstić information content (AvgIpc) is 3.23. The molecule has 3 aromatic rings. The Kier molecular flexibility index (Phi) is 4.86. The predicted molar refractivity (Wildman–Crippen MR) is 94.8 cm³/mol. The molecule has 1 amide bonds. The van der Waals surface area contributed by atoms with Crippen molar-refractivity contribution in [3.63, 3.8) is 0 Å². The molecule has 2 aromatic heterocycles. The Hall–Kier alpha value is -2.73.